The van der Waals surface area contributed by atoms with Gasteiger partial charge in [0.2, 0.25) is 0 Å². The molecule has 2 aromatic rings. The fraction of sp³-hybridized carbons (Fsp3) is 0.316. The van der Waals surface area contributed by atoms with Crippen molar-refractivity contribution >= 4 is 16.8 Å². The van der Waals surface area contributed by atoms with Gasteiger partial charge in [0, 0.05) is 18.3 Å². The van der Waals surface area contributed by atoms with Gasteiger partial charge in [-0.05, 0) is 30.7 Å². The van der Waals surface area contributed by atoms with Crippen LogP contribution in [0.1, 0.15) is 25.5 Å². The number of urea groups is 1. The van der Waals surface area contributed by atoms with Crippen LogP contribution in [0.25, 0.3) is 10.8 Å². The van der Waals surface area contributed by atoms with E-state index in [-0.39, 0.29) is 12.6 Å². The second-order valence-corrected chi connectivity index (χ2v) is 6.26. The Morgan fingerprint density at radius 1 is 1.32 bits per heavy atom. The summed E-state index contributed by atoms with van der Waals surface area (Å²) in [6, 6.07) is 10.9. The van der Waals surface area contributed by atoms with Gasteiger partial charge < -0.3 is 24.8 Å². The summed E-state index contributed by atoms with van der Waals surface area (Å²) in [5.41, 5.74) is 1.95. The van der Waals surface area contributed by atoms with Crippen LogP contribution in [0.3, 0.4) is 0 Å². The van der Waals surface area contributed by atoms with Crippen molar-refractivity contribution in [2.24, 2.45) is 0 Å². The number of aliphatic hydroxyl groups is 1. The molecule has 0 saturated carbocycles. The number of benzene rings is 2. The zero-order valence-electron chi connectivity index (χ0n) is 14.4. The molecule has 0 aliphatic carbocycles. The summed E-state index contributed by atoms with van der Waals surface area (Å²) in [4.78, 5) is 13.8. The molecule has 0 aromatic heterocycles. The van der Waals surface area contributed by atoms with Gasteiger partial charge in [0.05, 0.1) is 18.2 Å². The summed E-state index contributed by atoms with van der Waals surface area (Å²) in [7, 11) is 1.65. The minimum absolute atomic E-state index is 0.231. The SMILES string of the molecule is CCO[C@]1(O)Oc2ccc3ccccc3c2[C@@H]2NC(=O)N(C)C(C)=C21. The van der Waals surface area contributed by atoms with Crippen molar-refractivity contribution in [2.45, 2.75) is 25.9 Å². The molecular weight excluding hydrogens is 320 g/mol. The first-order chi connectivity index (χ1) is 12.0. The summed E-state index contributed by atoms with van der Waals surface area (Å²) in [5.74, 6) is -1.41. The van der Waals surface area contributed by atoms with Gasteiger partial charge in [-0.3, -0.25) is 0 Å². The number of carbonyl (C=O) groups is 1. The van der Waals surface area contributed by atoms with E-state index in [0.29, 0.717) is 17.0 Å². The standard InChI is InChI=1S/C19H20N2O4/c1-4-24-19(23)16-11(2)21(3)18(22)20-17(16)15-13-8-6-5-7-12(13)9-10-14(15)25-19/h5-10,17,23H,4H2,1-3H3,(H,20,22)/t17-,19-/m0/s1. The highest BCUT2D eigenvalue weighted by atomic mass is 16.8. The molecule has 4 rings (SSSR count). The molecular formula is C19H20N2O4. The van der Waals surface area contributed by atoms with Gasteiger partial charge in [0.1, 0.15) is 5.75 Å². The van der Waals surface area contributed by atoms with E-state index < -0.39 is 12.0 Å². The van der Waals surface area contributed by atoms with E-state index >= 15 is 0 Å². The number of hydrogen-bond acceptors (Lipinski definition) is 4. The molecule has 2 aliphatic rings. The van der Waals surface area contributed by atoms with Crippen molar-refractivity contribution in [2.75, 3.05) is 13.7 Å². The lowest BCUT2D eigenvalue weighted by atomic mass is 9.87. The van der Waals surface area contributed by atoms with Crippen molar-refractivity contribution in [1.29, 1.82) is 0 Å². The number of ether oxygens (including phenoxy) is 2. The zero-order chi connectivity index (χ0) is 17.8. The Bertz CT molecular complexity index is 907. The van der Waals surface area contributed by atoms with Gasteiger partial charge in [0.15, 0.2) is 0 Å². The Labute approximate surface area is 145 Å². The average molecular weight is 340 g/mol. The number of rotatable bonds is 2. The van der Waals surface area contributed by atoms with E-state index in [1.54, 1.807) is 27.0 Å². The second kappa shape index (κ2) is 5.47. The smallest absolute Gasteiger partial charge is 0.354 e. The van der Waals surface area contributed by atoms with Crippen LogP contribution in [0.5, 0.6) is 5.75 Å². The molecule has 25 heavy (non-hydrogen) atoms. The summed E-state index contributed by atoms with van der Waals surface area (Å²) in [6.45, 7) is 3.83. The fourth-order valence-corrected chi connectivity index (χ4v) is 3.63. The van der Waals surface area contributed by atoms with E-state index in [2.05, 4.69) is 5.32 Å². The maximum absolute atomic E-state index is 12.4. The van der Waals surface area contributed by atoms with Crippen molar-refractivity contribution < 1.29 is 19.4 Å². The predicted molar refractivity (Wildman–Crippen MR) is 92.9 cm³/mol. The third kappa shape index (κ3) is 2.22. The van der Waals surface area contributed by atoms with E-state index in [1.165, 1.54) is 4.90 Å². The topological polar surface area (TPSA) is 71.0 Å². The molecule has 6 heteroatoms. The molecule has 0 saturated heterocycles. The Morgan fingerprint density at radius 3 is 2.84 bits per heavy atom. The van der Waals surface area contributed by atoms with Crippen LogP contribution in [0.2, 0.25) is 0 Å². The molecule has 0 spiro atoms. The number of carbonyl (C=O) groups excluding carboxylic acids is 1. The van der Waals surface area contributed by atoms with E-state index in [0.717, 1.165) is 16.3 Å². The molecule has 2 N–H and O–H groups in total. The highest BCUT2D eigenvalue weighted by molar-refractivity contribution is 5.90. The highest BCUT2D eigenvalue weighted by Crippen LogP contribution is 2.48. The molecule has 6 nitrogen and oxygen atoms in total. The van der Waals surface area contributed by atoms with Gasteiger partial charge in [-0.2, -0.15) is 0 Å². The molecule has 2 aromatic carbocycles. The lowest BCUT2D eigenvalue weighted by molar-refractivity contribution is -0.298. The van der Waals surface area contributed by atoms with Crippen LogP contribution < -0.4 is 10.1 Å². The van der Waals surface area contributed by atoms with E-state index in [4.69, 9.17) is 9.47 Å². The minimum atomic E-state index is -1.92. The van der Waals surface area contributed by atoms with Crippen LogP contribution in [-0.4, -0.2) is 35.7 Å². The lowest BCUT2D eigenvalue weighted by Crippen LogP contribution is -2.55. The average Bonchev–Trinajstić information content (AvgIpc) is 2.59. The number of amides is 2. The molecule has 2 aliphatic heterocycles. The predicted octanol–water partition coefficient (Wildman–Crippen LogP) is 2.88. The third-order valence-electron chi connectivity index (χ3n) is 4.90. The summed E-state index contributed by atoms with van der Waals surface area (Å²) in [5, 5.41) is 16.1. The molecule has 0 unspecified atom stereocenters. The first-order valence-electron chi connectivity index (χ1n) is 8.28. The highest BCUT2D eigenvalue weighted by Gasteiger charge is 2.51. The number of fused-ring (bicyclic) bond motifs is 5. The summed E-state index contributed by atoms with van der Waals surface area (Å²) >= 11 is 0. The quantitative estimate of drug-likeness (QED) is 0.825. The monoisotopic (exact) mass is 340 g/mol. The normalized spacial score (nSPS) is 25.4. The first-order valence-corrected chi connectivity index (χ1v) is 8.28. The largest absolute Gasteiger partial charge is 0.435 e. The Balaban J connectivity index is 2.03. The van der Waals surface area contributed by atoms with Gasteiger partial charge in [-0.15, -0.1) is 0 Å². The molecule has 2 heterocycles. The molecule has 0 fully saturated rings. The van der Waals surface area contributed by atoms with Gasteiger partial charge in [0.25, 0.3) is 0 Å². The van der Waals surface area contributed by atoms with Gasteiger partial charge in [-0.1, -0.05) is 30.3 Å². The summed E-state index contributed by atoms with van der Waals surface area (Å²) < 4.78 is 11.4. The maximum atomic E-state index is 12.4. The van der Waals surface area contributed by atoms with Crippen LogP contribution in [0, 0.1) is 0 Å². The Kier molecular flexibility index (Phi) is 3.49. The van der Waals surface area contributed by atoms with Gasteiger partial charge in [-0.25, -0.2) is 4.79 Å². The fourth-order valence-electron chi connectivity index (χ4n) is 3.63. The Hall–Kier alpha value is -2.57. The summed E-state index contributed by atoms with van der Waals surface area (Å²) in [6.07, 6.45) is 0. The molecule has 2 amide bonds. The van der Waals surface area contributed by atoms with Crippen LogP contribution >= 0.6 is 0 Å². The van der Waals surface area contributed by atoms with Crippen molar-refractivity contribution in [1.82, 2.24) is 10.2 Å². The zero-order valence-corrected chi connectivity index (χ0v) is 14.4. The number of nitrogens with zero attached hydrogens (tertiary/aromatic N) is 1. The molecule has 0 radical (unpaired) electrons. The van der Waals surface area contributed by atoms with Crippen molar-refractivity contribution in [3.8, 4) is 5.75 Å². The molecule has 0 bridgehead atoms. The Morgan fingerprint density at radius 2 is 2.08 bits per heavy atom. The number of allylic oxidation sites excluding steroid dienone is 1. The third-order valence-corrected chi connectivity index (χ3v) is 4.90. The van der Waals surface area contributed by atoms with Gasteiger partial charge >= 0.3 is 12.0 Å². The van der Waals surface area contributed by atoms with Crippen LogP contribution in [0.4, 0.5) is 4.79 Å². The first kappa shape index (κ1) is 15.9. The molecule has 2 atom stereocenters. The van der Waals surface area contributed by atoms with Crippen molar-refractivity contribution in [3.63, 3.8) is 0 Å². The minimum Gasteiger partial charge on any atom is -0.435 e. The molecule has 130 valence electrons. The van der Waals surface area contributed by atoms with Crippen LogP contribution in [-0.2, 0) is 4.74 Å². The van der Waals surface area contributed by atoms with E-state index in [9.17, 15) is 9.90 Å². The van der Waals surface area contributed by atoms with Crippen molar-refractivity contribution in [3.05, 3.63) is 53.2 Å². The number of nitrogens with one attached hydrogen (secondary N) is 1. The van der Waals surface area contributed by atoms with Crippen LogP contribution in [0.15, 0.2) is 47.7 Å². The number of hydrogen-bond donors (Lipinski definition) is 2. The lowest BCUT2D eigenvalue weighted by Gasteiger charge is -2.45. The maximum Gasteiger partial charge on any atom is 0.354 e. The second-order valence-electron chi connectivity index (χ2n) is 6.26. The van der Waals surface area contributed by atoms with E-state index in [1.807, 2.05) is 30.3 Å².